The number of morpholine rings is 1. The van der Waals surface area contributed by atoms with Gasteiger partial charge in [0.15, 0.2) is 0 Å². The number of rotatable bonds is 5. The van der Waals surface area contributed by atoms with Crippen molar-refractivity contribution in [3.05, 3.63) is 24.0 Å². The van der Waals surface area contributed by atoms with Gasteiger partial charge in [0.05, 0.1) is 24.6 Å². The molecule has 0 unspecified atom stereocenters. The van der Waals surface area contributed by atoms with E-state index in [4.69, 9.17) is 14.9 Å². The molecule has 1 saturated heterocycles. The van der Waals surface area contributed by atoms with Crippen LogP contribution in [0.25, 0.3) is 0 Å². The lowest BCUT2D eigenvalue weighted by Gasteiger charge is -2.29. The van der Waals surface area contributed by atoms with E-state index in [9.17, 15) is 9.18 Å². The first-order valence-corrected chi connectivity index (χ1v) is 6.87. The fraction of sp³-hybridized carbons (Fsp3) is 0.500. The van der Waals surface area contributed by atoms with E-state index in [1.807, 2.05) is 4.90 Å². The molecule has 1 aliphatic heterocycles. The third kappa shape index (κ3) is 3.83. The zero-order chi connectivity index (χ0) is 15.2. The summed E-state index contributed by atoms with van der Waals surface area (Å²) >= 11 is 0. The first-order chi connectivity index (χ1) is 10.1. The maximum atomic E-state index is 14.2. The molecule has 2 rings (SSSR count). The predicted octanol–water partition coefficient (Wildman–Crippen LogP) is 1.53. The Morgan fingerprint density at radius 1 is 1.38 bits per heavy atom. The van der Waals surface area contributed by atoms with Crippen LogP contribution in [0.4, 0.5) is 20.6 Å². The molecule has 1 aliphatic rings. The second-order valence-electron chi connectivity index (χ2n) is 4.75. The molecule has 116 valence electrons. The third-order valence-electron chi connectivity index (χ3n) is 3.37. The monoisotopic (exact) mass is 298 g/mol. The van der Waals surface area contributed by atoms with E-state index in [1.165, 1.54) is 6.07 Å². The molecule has 1 heterocycles. The summed E-state index contributed by atoms with van der Waals surface area (Å²) in [4.78, 5) is 14.1. The van der Waals surface area contributed by atoms with E-state index in [0.29, 0.717) is 38.4 Å². The number of carbonyl (C=O) groups is 1. The Kier molecular flexibility index (Phi) is 5.35. The smallest absolute Gasteiger partial charge is 0.411 e. The van der Waals surface area contributed by atoms with Crippen molar-refractivity contribution in [2.45, 2.75) is 6.42 Å². The molecular formula is C14H19FN2O4. The van der Waals surface area contributed by atoms with Gasteiger partial charge in [0.1, 0.15) is 5.82 Å². The van der Waals surface area contributed by atoms with Gasteiger partial charge >= 0.3 is 6.09 Å². The average Bonchev–Trinajstić information content (AvgIpc) is 2.48. The van der Waals surface area contributed by atoms with Gasteiger partial charge in [-0.15, -0.1) is 0 Å². The van der Waals surface area contributed by atoms with Crippen molar-refractivity contribution in [2.75, 3.05) is 49.3 Å². The molecule has 1 amide bonds. The van der Waals surface area contributed by atoms with Crippen LogP contribution >= 0.6 is 0 Å². The first-order valence-electron chi connectivity index (χ1n) is 6.87. The zero-order valence-electron chi connectivity index (χ0n) is 11.7. The lowest BCUT2D eigenvalue weighted by atomic mass is 10.2. The Morgan fingerprint density at radius 2 is 2.10 bits per heavy atom. The van der Waals surface area contributed by atoms with Crippen LogP contribution in [0.2, 0.25) is 0 Å². The molecule has 2 N–H and O–H groups in total. The molecule has 0 aliphatic carbocycles. The molecule has 1 fully saturated rings. The number of carboxylic acid groups (broad SMARTS) is 1. The molecule has 0 bridgehead atoms. The van der Waals surface area contributed by atoms with Crippen LogP contribution in [0.1, 0.15) is 6.42 Å². The number of anilines is 2. The number of benzene rings is 1. The van der Waals surface area contributed by atoms with Gasteiger partial charge in [-0.2, -0.15) is 0 Å². The van der Waals surface area contributed by atoms with Crippen molar-refractivity contribution in [1.82, 2.24) is 0 Å². The molecule has 0 saturated carbocycles. The predicted molar refractivity (Wildman–Crippen MR) is 76.5 cm³/mol. The fourth-order valence-corrected chi connectivity index (χ4v) is 2.29. The van der Waals surface area contributed by atoms with E-state index in [2.05, 4.69) is 0 Å². The number of hydrogen-bond donors (Lipinski definition) is 2. The van der Waals surface area contributed by atoms with Crippen LogP contribution < -0.4 is 9.80 Å². The van der Waals surface area contributed by atoms with Gasteiger partial charge < -0.3 is 19.8 Å². The minimum absolute atomic E-state index is 0.113. The molecule has 7 heteroatoms. The van der Waals surface area contributed by atoms with E-state index >= 15 is 0 Å². The van der Waals surface area contributed by atoms with Crippen LogP contribution in [0, 0.1) is 5.82 Å². The summed E-state index contributed by atoms with van der Waals surface area (Å²) in [6.45, 7) is 2.35. The summed E-state index contributed by atoms with van der Waals surface area (Å²) in [6, 6.07) is 4.39. The highest BCUT2D eigenvalue weighted by Crippen LogP contribution is 2.26. The summed E-state index contributed by atoms with van der Waals surface area (Å²) in [5.74, 6) is -0.454. The number of aliphatic hydroxyl groups is 1. The maximum Gasteiger partial charge on any atom is 0.411 e. The number of ether oxygens (including phenoxy) is 1. The second kappa shape index (κ2) is 7.24. The Morgan fingerprint density at radius 3 is 2.67 bits per heavy atom. The fourth-order valence-electron chi connectivity index (χ4n) is 2.29. The number of nitrogens with zero attached hydrogens (tertiary/aromatic N) is 2. The van der Waals surface area contributed by atoms with Crippen molar-refractivity contribution < 1.29 is 24.1 Å². The SMILES string of the molecule is O=C(O)N(CCCO)c1ccc(N2CCOCC2)c(F)c1. The highest BCUT2D eigenvalue weighted by Gasteiger charge is 2.19. The maximum absolute atomic E-state index is 14.2. The molecule has 21 heavy (non-hydrogen) atoms. The van der Waals surface area contributed by atoms with Crippen LogP contribution in [0.15, 0.2) is 18.2 Å². The molecule has 0 aromatic heterocycles. The van der Waals surface area contributed by atoms with Gasteiger partial charge in [0, 0.05) is 26.2 Å². The average molecular weight is 298 g/mol. The normalized spacial score (nSPS) is 15.0. The van der Waals surface area contributed by atoms with Crippen molar-refractivity contribution in [3.63, 3.8) is 0 Å². The number of halogens is 1. The van der Waals surface area contributed by atoms with Crippen molar-refractivity contribution in [1.29, 1.82) is 0 Å². The van der Waals surface area contributed by atoms with E-state index in [-0.39, 0.29) is 18.8 Å². The van der Waals surface area contributed by atoms with Gasteiger partial charge in [-0.25, -0.2) is 9.18 Å². The third-order valence-corrected chi connectivity index (χ3v) is 3.37. The van der Waals surface area contributed by atoms with Gasteiger partial charge in [0.2, 0.25) is 0 Å². The summed E-state index contributed by atoms with van der Waals surface area (Å²) in [5, 5.41) is 18.0. The van der Waals surface area contributed by atoms with Crippen LogP contribution in [-0.2, 0) is 4.74 Å². The lowest BCUT2D eigenvalue weighted by molar-refractivity contribution is 0.122. The largest absolute Gasteiger partial charge is 0.465 e. The van der Waals surface area contributed by atoms with Crippen LogP contribution in [0.5, 0.6) is 0 Å². The quantitative estimate of drug-likeness (QED) is 0.862. The number of hydrogen-bond acceptors (Lipinski definition) is 4. The first kappa shape index (κ1) is 15.5. The molecule has 0 radical (unpaired) electrons. The minimum atomic E-state index is -1.16. The summed E-state index contributed by atoms with van der Waals surface area (Å²) in [5.41, 5.74) is 0.722. The topological polar surface area (TPSA) is 73.2 Å². The number of amides is 1. The van der Waals surface area contributed by atoms with Crippen molar-refractivity contribution in [3.8, 4) is 0 Å². The Labute approximate surface area is 122 Å². The van der Waals surface area contributed by atoms with Crippen molar-refractivity contribution in [2.24, 2.45) is 0 Å². The summed E-state index contributed by atoms with van der Waals surface area (Å²) < 4.78 is 19.5. The molecule has 0 atom stereocenters. The van der Waals surface area contributed by atoms with E-state index in [1.54, 1.807) is 12.1 Å². The molecule has 1 aromatic carbocycles. The highest BCUT2D eigenvalue weighted by molar-refractivity contribution is 5.86. The Bertz CT molecular complexity index is 492. The van der Waals surface area contributed by atoms with Crippen molar-refractivity contribution >= 4 is 17.5 Å². The summed E-state index contributed by atoms with van der Waals surface area (Å²) in [7, 11) is 0. The van der Waals surface area contributed by atoms with Crippen LogP contribution in [0.3, 0.4) is 0 Å². The molecule has 0 spiro atoms. The standard InChI is InChI=1S/C14H19FN2O4/c15-12-10-11(17(14(19)20)4-1-7-18)2-3-13(12)16-5-8-21-9-6-16/h2-3,10,18H,1,4-9H2,(H,19,20). The van der Waals surface area contributed by atoms with E-state index in [0.717, 1.165) is 4.90 Å². The van der Waals surface area contributed by atoms with Gasteiger partial charge in [-0.05, 0) is 24.6 Å². The molecule has 6 nitrogen and oxygen atoms in total. The number of aliphatic hydroxyl groups excluding tert-OH is 1. The molecular weight excluding hydrogens is 279 g/mol. The Hall–Kier alpha value is -1.86. The van der Waals surface area contributed by atoms with E-state index < -0.39 is 11.9 Å². The van der Waals surface area contributed by atoms with Gasteiger partial charge in [-0.3, -0.25) is 4.90 Å². The molecule has 1 aromatic rings. The lowest BCUT2D eigenvalue weighted by Crippen LogP contribution is -2.37. The van der Waals surface area contributed by atoms with Gasteiger partial charge in [-0.1, -0.05) is 0 Å². The van der Waals surface area contributed by atoms with Crippen LogP contribution in [-0.4, -0.2) is 55.8 Å². The van der Waals surface area contributed by atoms with Gasteiger partial charge in [0.25, 0.3) is 0 Å². The summed E-state index contributed by atoms with van der Waals surface area (Å²) in [6.07, 6.45) is -0.860. The minimum Gasteiger partial charge on any atom is -0.465 e. The highest BCUT2D eigenvalue weighted by atomic mass is 19.1. The second-order valence-corrected chi connectivity index (χ2v) is 4.75. The zero-order valence-corrected chi connectivity index (χ0v) is 11.7. The Balaban J connectivity index is 2.18.